The van der Waals surface area contributed by atoms with E-state index in [0.717, 1.165) is 29.8 Å². The van der Waals surface area contributed by atoms with Crippen molar-refractivity contribution in [3.63, 3.8) is 0 Å². The van der Waals surface area contributed by atoms with Crippen molar-refractivity contribution in [2.24, 2.45) is 0 Å². The molecule has 0 fully saturated rings. The van der Waals surface area contributed by atoms with Gasteiger partial charge in [0, 0.05) is 5.56 Å². The number of aryl methyl sites for hydroxylation is 1. The average Bonchev–Trinajstić information content (AvgIpc) is 2.75. The maximum atomic E-state index is 4.60. The fraction of sp³-hybridized carbons (Fsp3) is 0.429. The summed E-state index contributed by atoms with van der Waals surface area (Å²) in [6, 6.07) is 10.6. The van der Waals surface area contributed by atoms with Gasteiger partial charge in [0.2, 0.25) is 0 Å². The molecule has 17 heavy (non-hydrogen) atoms. The molecular weight excluding hydrogens is 210 g/mol. The molecule has 0 radical (unpaired) electrons. The summed E-state index contributed by atoms with van der Waals surface area (Å²) >= 11 is 0. The van der Waals surface area contributed by atoms with Crippen LogP contribution in [0.1, 0.15) is 38.9 Å². The van der Waals surface area contributed by atoms with Crippen molar-refractivity contribution in [2.75, 3.05) is 0 Å². The van der Waals surface area contributed by atoms with Gasteiger partial charge in [-0.25, -0.2) is 0 Å². The predicted molar refractivity (Wildman–Crippen MR) is 69.8 cm³/mol. The summed E-state index contributed by atoms with van der Waals surface area (Å²) in [5.74, 6) is 0. The van der Waals surface area contributed by atoms with E-state index in [4.69, 9.17) is 0 Å². The van der Waals surface area contributed by atoms with Gasteiger partial charge in [0.25, 0.3) is 0 Å². The van der Waals surface area contributed by atoms with Gasteiger partial charge in [-0.1, -0.05) is 43.7 Å². The smallest absolute Gasteiger partial charge is 0.116 e. The van der Waals surface area contributed by atoms with Crippen LogP contribution >= 0.6 is 0 Å². The molecule has 0 N–H and O–H groups in total. The third-order valence-corrected chi connectivity index (χ3v) is 2.69. The SMILES string of the molecule is CCCc1nn(C(C)C)nc1-c1ccccc1. The molecule has 2 rings (SSSR count). The molecule has 0 unspecified atom stereocenters. The van der Waals surface area contributed by atoms with Crippen molar-refractivity contribution >= 4 is 0 Å². The molecule has 0 bridgehead atoms. The summed E-state index contributed by atoms with van der Waals surface area (Å²) in [6.45, 7) is 6.37. The Balaban J connectivity index is 2.44. The average molecular weight is 229 g/mol. The summed E-state index contributed by atoms with van der Waals surface area (Å²) in [5.41, 5.74) is 3.29. The largest absolute Gasteiger partial charge is 0.181 e. The molecule has 2 aromatic rings. The normalized spacial score (nSPS) is 11.1. The first-order valence-corrected chi connectivity index (χ1v) is 6.23. The Hall–Kier alpha value is -1.64. The van der Waals surface area contributed by atoms with E-state index in [1.54, 1.807) is 0 Å². The van der Waals surface area contributed by atoms with E-state index < -0.39 is 0 Å². The van der Waals surface area contributed by atoms with E-state index >= 15 is 0 Å². The first kappa shape index (κ1) is 11.8. The van der Waals surface area contributed by atoms with Gasteiger partial charge in [-0.05, 0) is 20.3 Å². The molecule has 0 aliphatic heterocycles. The lowest BCUT2D eigenvalue weighted by atomic mass is 10.1. The molecule has 90 valence electrons. The van der Waals surface area contributed by atoms with Gasteiger partial charge in [0.05, 0.1) is 11.7 Å². The lowest BCUT2D eigenvalue weighted by molar-refractivity contribution is 0.463. The molecule has 0 amide bonds. The van der Waals surface area contributed by atoms with Crippen LogP contribution in [-0.2, 0) is 6.42 Å². The van der Waals surface area contributed by atoms with Gasteiger partial charge >= 0.3 is 0 Å². The lowest BCUT2D eigenvalue weighted by Crippen LogP contribution is -2.05. The summed E-state index contributed by atoms with van der Waals surface area (Å²) in [4.78, 5) is 1.81. The molecule has 0 spiro atoms. The van der Waals surface area contributed by atoms with Gasteiger partial charge in [0.1, 0.15) is 5.69 Å². The summed E-state index contributed by atoms with van der Waals surface area (Å²) in [6.07, 6.45) is 2.08. The zero-order valence-electron chi connectivity index (χ0n) is 10.7. The van der Waals surface area contributed by atoms with Crippen molar-refractivity contribution in [1.82, 2.24) is 15.0 Å². The van der Waals surface area contributed by atoms with Gasteiger partial charge in [-0.2, -0.15) is 15.0 Å². The van der Waals surface area contributed by atoms with Crippen molar-refractivity contribution in [2.45, 2.75) is 39.7 Å². The van der Waals surface area contributed by atoms with Crippen LogP contribution in [0, 0.1) is 0 Å². The van der Waals surface area contributed by atoms with Crippen LogP contribution in [0.2, 0.25) is 0 Å². The first-order chi connectivity index (χ1) is 8.22. The number of hydrogen-bond donors (Lipinski definition) is 0. The second-order valence-corrected chi connectivity index (χ2v) is 4.53. The zero-order chi connectivity index (χ0) is 12.3. The van der Waals surface area contributed by atoms with Crippen molar-refractivity contribution in [3.8, 4) is 11.3 Å². The third kappa shape index (κ3) is 2.54. The molecule has 3 nitrogen and oxygen atoms in total. The van der Waals surface area contributed by atoms with E-state index in [0.29, 0.717) is 6.04 Å². The highest BCUT2D eigenvalue weighted by atomic mass is 15.5. The minimum atomic E-state index is 0.308. The molecule has 3 heteroatoms. The summed E-state index contributed by atoms with van der Waals surface area (Å²) in [5, 5.41) is 9.19. The molecule has 1 aromatic heterocycles. The van der Waals surface area contributed by atoms with Crippen LogP contribution in [0.5, 0.6) is 0 Å². The highest BCUT2D eigenvalue weighted by Gasteiger charge is 2.13. The Labute approximate surface area is 102 Å². The molecular formula is C14H19N3. The number of benzene rings is 1. The topological polar surface area (TPSA) is 30.7 Å². The Bertz CT molecular complexity index is 471. The Morgan fingerprint density at radius 1 is 1.12 bits per heavy atom. The van der Waals surface area contributed by atoms with Crippen LogP contribution in [0.15, 0.2) is 30.3 Å². The summed E-state index contributed by atoms with van der Waals surface area (Å²) in [7, 11) is 0. The predicted octanol–water partition coefficient (Wildman–Crippen LogP) is 3.48. The van der Waals surface area contributed by atoms with E-state index in [9.17, 15) is 0 Å². The van der Waals surface area contributed by atoms with Crippen LogP contribution in [0.4, 0.5) is 0 Å². The van der Waals surface area contributed by atoms with Crippen LogP contribution in [0.3, 0.4) is 0 Å². The maximum Gasteiger partial charge on any atom is 0.116 e. The number of aromatic nitrogens is 3. The van der Waals surface area contributed by atoms with Gasteiger partial charge in [-0.15, -0.1) is 0 Å². The maximum absolute atomic E-state index is 4.60. The minimum absolute atomic E-state index is 0.308. The van der Waals surface area contributed by atoms with Crippen LogP contribution in [-0.4, -0.2) is 15.0 Å². The zero-order valence-corrected chi connectivity index (χ0v) is 10.7. The van der Waals surface area contributed by atoms with E-state index in [1.165, 1.54) is 0 Å². The quantitative estimate of drug-likeness (QED) is 0.803. The fourth-order valence-electron chi connectivity index (χ4n) is 1.81. The molecule has 1 heterocycles. The van der Waals surface area contributed by atoms with Gasteiger partial charge in [-0.3, -0.25) is 0 Å². The molecule has 0 saturated heterocycles. The van der Waals surface area contributed by atoms with E-state index in [2.05, 4.69) is 43.1 Å². The molecule has 0 aliphatic rings. The second-order valence-electron chi connectivity index (χ2n) is 4.53. The van der Waals surface area contributed by atoms with Gasteiger partial charge < -0.3 is 0 Å². The van der Waals surface area contributed by atoms with Crippen LogP contribution < -0.4 is 0 Å². The second kappa shape index (κ2) is 5.13. The standard InChI is InChI=1S/C14H19N3/c1-4-8-13-14(12-9-6-5-7-10-12)16-17(15-13)11(2)3/h5-7,9-11H,4,8H2,1-3H3. The Kier molecular flexibility index (Phi) is 3.57. The molecule has 1 aromatic carbocycles. The first-order valence-electron chi connectivity index (χ1n) is 6.23. The fourth-order valence-corrected chi connectivity index (χ4v) is 1.81. The minimum Gasteiger partial charge on any atom is -0.181 e. The lowest BCUT2D eigenvalue weighted by Gasteiger charge is -2.01. The van der Waals surface area contributed by atoms with Gasteiger partial charge in [0.15, 0.2) is 0 Å². The Morgan fingerprint density at radius 2 is 1.82 bits per heavy atom. The highest BCUT2D eigenvalue weighted by Crippen LogP contribution is 2.22. The van der Waals surface area contributed by atoms with E-state index in [1.807, 2.05) is 23.0 Å². The van der Waals surface area contributed by atoms with Crippen molar-refractivity contribution in [1.29, 1.82) is 0 Å². The third-order valence-electron chi connectivity index (χ3n) is 2.69. The summed E-state index contributed by atoms with van der Waals surface area (Å²) < 4.78 is 0. The van der Waals surface area contributed by atoms with E-state index in [-0.39, 0.29) is 0 Å². The van der Waals surface area contributed by atoms with Crippen molar-refractivity contribution in [3.05, 3.63) is 36.0 Å². The monoisotopic (exact) mass is 229 g/mol. The number of rotatable bonds is 4. The molecule has 0 aliphatic carbocycles. The number of nitrogens with zero attached hydrogens (tertiary/aromatic N) is 3. The number of hydrogen-bond acceptors (Lipinski definition) is 2. The Morgan fingerprint density at radius 3 is 2.41 bits per heavy atom. The highest BCUT2D eigenvalue weighted by molar-refractivity contribution is 5.60. The van der Waals surface area contributed by atoms with Crippen LogP contribution in [0.25, 0.3) is 11.3 Å². The molecule has 0 saturated carbocycles. The molecule has 0 atom stereocenters. The van der Waals surface area contributed by atoms with Crippen molar-refractivity contribution < 1.29 is 0 Å².